The van der Waals surface area contributed by atoms with Gasteiger partial charge in [0, 0.05) is 12.1 Å². The number of likely N-dealkylation sites (N-methyl/N-ethyl adjacent to an activating group) is 2. The SMILES string of the molecule is CCC(NC)C(C)N(C)CCCN(C)C. The topological polar surface area (TPSA) is 18.5 Å². The fraction of sp³-hybridized carbons (Fsp3) is 1.00. The van der Waals surface area contributed by atoms with Gasteiger partial charge >= 0.3 is 0 Å². The first-order valence-corrected chi connectivity index (χ1v) is 6.05. The largest absolute Gasteiger partial charge is 0.315 e. The summed E-state index contributed by atoms with van der Waals surface area (Å²) in [6.45, 7) is 6.90. The quantitative estimate of drug-likeness (QED) is 0.657. The van der Waals surface area contributed by atoms with Crippen molar-refractivity contribution in [2.75, 3.05) is 41.3 Å². The highest BCUT2D eigenvalue weighted by atomic mass is 15.2. The van der Waals surface area contributed by atoms with Gasteiger partial charge in [-0.3, -0.25) is 0 Å². The second-order valence-electron chi connectivity index (χ2n) is 4.68. The Kier molecular flexibility index (Phi) is 8.02. The van der Waals surface area contributed by atoms with Crippen LogP contribution in [0.25, 0.3) is 0 Å². The number of nitrogens with one attached hydrogen (secondary N) is 1. The molecular weight excluding hydrogens is 186 g/mol. The van der Waals surface area contributed by atoms with E-state index in [4.69, 9.17) is 0 Å². The van der Waals surface area contributed by atoms with Crippen LogP contribution in [0.1, 0.15) is 26.7 Å². The van der Waals surface area contributed by atoms with Gasteiger partial charge in [0.2, 0.25) is 0 Å². The summed E-state index contributed by atoms with van der Waals surface area (Å²) in [7, 11) is 8.54. The lowest BCUT2D eigenvalue weighted by molar-refractivity contribution is 0.199. The lowest BCUT2D eigenvalue weighted by atomic mass is 10.1. The van der Waals surface area contributed by atoms with E-state index >= 15 is 0 Å². The maximum atomic E-state index is 3.38. The van der Waals surface area contributed by atoms with Crippen LogP contribution in [0.5, 0.6) is 0 Å². The van der Waals surface area contributed by atoms with E-state index in [9.17, 15) is 0 Å². The van der Waals surface area contributed by atoms with Crippen molar-refractivity contribution in [2.24, 2.45) is 0 Å². The van der Waals surface area contributed by atoms with Crippen LogP contribution in [-0.4, -0.2) is 63.2 Å². The average Bonchev–Trinajstić information content (AvgIpc) is 2.18. The van der Waals surface area contributed by atoms with Gasteiger partial charge in [-0.1, -0.05) is 6.92 Å². The molecule has 0 bridgehead atoms. The molecular formula is C12H29N3. The Labute approximate surface area is 95.8 Å². The molecule has 2 atom stereocenters. The fourth-order valence-electron chi connectivity index (χ4n) is 1.93. The molecule has 0 aromatic carbocycles. The van der Waals surface area contributed by atoms with E-state index in [0.717, 1.165) is 0 Å². The van der Waals surface area contributed by atoms with Crippen LogP contribution in [0.4, 0.5) is 0 Å². The van der Waals surface area contributed by atoms with Crippen LogP contribution >= 0.6 is 0 Å². The molecule has 0 rings (SSSR count). The number of hydrogen-bond donors (Lipinski definition) is 1. The molecule has 0 aliphatic carbocycles. The second-order valence-corrected chi connectivity index (χ2v) is 4.68. The molecule has 15 heavy (non-hydrogen) atoms. The van der Waals surface area contributed by atoms with Crippen molar-refractivity contribution in [1.82, 2.24) is 15.1 Å². The summed E-state index contributed by atoms with van der Waals surface area (Å²) in [6, 6.07) is 1.22. The second kappa shape index (κ2) is 8.08. The first-order valence-electron chi connectivity index (χ1n) is 6.05. The van der Waals surface area contributed by atoms with Crippen molar-refractivity contribution in [3.63, 3.8) is 0 Å². The maximum absolute atomic E-state index is 3.38. The van der Waals surface area contributed by atoms with Gasteiger partial charge in [-0.05, 0) is 61.0 Å². The molecule has 0 aliphatic rings. The van der Waals surface area contributed by atoms with Crippen LogP contribution in [0.2, 0.25) is 0 Å². The molecule has 0 aliphatic heterocycles. The van der Waals surface area contributed by atoms with Gasteiger partial charge in [0.15, 0.2) is 0 Å². The maximum Gasteiger partial charge on any atom is 0.0217 e. The van der Waals surface area contributed by atoms with E-state index in [-0.39, 0.29) is 0 Å². The van der Waals surface area contributed by atoms with E-state index in [1.54, 1.807) is 0 Å². The lowest BCUT2D eigenvalue weighted by Gasteiger charge is -2.31. The average molecular weight is 215 g/mol. The summed E-state index contributed by atoms with van der Waals surface area (Å²) >= 11 is 0. The molecule has 3 nitrogen and oxygen atoms in total. The smallest absolute Gasteiger partial charge is 0.0217 e. The summed E-state index contributed by atoms with van der Waals surface area (Å²) in [6.07, 6.45) is 2.43. The van der Waals surface area contributed by atoms with Crippen LogP contribution < -0.4 is 5.32 Å². The fourth-order valence-corrected chi connectivity index (χ4v) is 1.93. The van der Waals surface area contributed by atoms with E-state index in [1.807, 2.05) is 0 Å². The number of hydrogen-bond acceptors (Lipinski definition) is 3. The Morgan fingerprint density at radius 2 is 1.73 bits per heavy atom. The highest BCUT2D eigenvalue weighted by Gasteiger charge is 2.17. The van der Waals surface area contributed by atoms with Gasteiger partial charge in [0.1, 0.15) is 0 Å². The normalized spacial score (nSPS) is 16.0. The molecule has 0 aromatic heterocycles. The van der Waals surface area contributed by atoms with Crippen molar-refractivity contribution in [2.45, 2.75) is 38.8 Å². The first kappa shape index (κ1) is 14.9. The minimum Gasteiger partial charge on any atom is -0.315 e. The minimum atomic E-state index is 0.606. The third kappa shape index (κ3) is 6.13. The third-order valence-corrected chi connectivity index (χ3v) is 3.20. The van der Waals surface area contributed by atoms with E-state index in [2.05, 4.69) is 57.2 Å². The molecule has 3 heteroatoms. The van der Waals surface area contributed by atoms with Gasteiger partial charge in [0.25, 0.3) is 0 Å². The van der Waals surface area contributed by atoms with Crippen LogP contribution in [0.15, 0.2) is 0 Å². The summed E-state index contributed by atoms with van der Waals surface area (Å²) in [4.78, 5) is 4.70. The molecule has 92 valence electrons. The molecule has 0 amide bonds. The van der Waals surface area contributed by atoms with Gasteiger partial charge in [-0.2, -0.15) is 0 Å². The Morgan fingerprint density at radius 1 is 1.13 bits per heavy atom. The summed E-state index contributed by atoms with van der Waals surface area (Å²) in [5, 5.41) is 3.38. The Morgan fingerprint density at radius 3 is 2.13 bits per heavy atom. The highest BCUT2D eigenvalue weighted by Crippen LogP contribution is 2.05. The van der Waals surface area contributed by atoms with Gasteiger partial charge in [0.05, 0.1) is 0 Å². The van der Waals surface area contributed by atoms with Crippen molar-refractivity contribution in [3.8, 4) is 0 Å². The van der Waals surface area contributed by atoms with E-state index in [1.165, 1.54) is 25.9 Å². The van der Waals surface area contributed by atoms with Crippen LogP contribution in [-0.2, 0) is 0 Å². The van der Waals surface area contributed by atoms with Crippen molar-refractivity contribution in [3.05, 3.63) is 0 Å². The molecule has 1 N–H and O–H groups in total. The van der Waals surface area contributed by atoms with Crippen molar-refractivity contribution < 1.29 is 0 Å². The van der Waals surface area contributed by atoms with Crippen LogP contribution in [0, 0.1) is 0 Å². The van der Waals surface area contributed by atoms with Gasteiger partial charge < -0.3 is 15.1 Å². The standard InChI is InChI=1S/C12H29N3/c1-7-12(13-3)11(2)15(6)10-8-9-14(4)5/h11-13H,7-10H2,1-6H3. The zero-order valence-corrected chi connectivity index (χ0v) is 11.4. The summed E-state index contributed by atoms with van der Waals surface area (Å²) in [5.41, 5.74) is 0. The van der Waals surface area contributed by atoms with Gasteiger partial charge in [-0.25, -0.2) is 0 Å². The molecule has 0 saturated carbocycles. The Balaban J connectivity index is 3.81. The minimum absolute atomic E-state index is 0.606. The zero-order chi connectivity index (χ0) is 11.8. The van der Waals surface area contributed by atoms with Crippen molar-refractivity contribution in [1.29, 1.82) is 0 Å². The van der Waals surface area contributed by atoms with Gasteiger partial charge in [-0.15, -0.1) is 0 Å². The summed E-state index contributed by atoms with van der Waals surface area (Å²) < 4.78 is 0. The highest BCUT2D eigenvalue weighted by molar-refractivity contribution is 4.77. The molecule has 2 unspecified atom stereocenters. The van der Waals surface area contributed by atoms with E-state index in [0.29, 0.717) is 12.1 Å². The Hall–Kier alpha value is -0.120. The molecule has 0 spiro atoms. The monoisotopic (exact) mass is 215 g/mol. The molecule has 0 saturated heterocycles. The predicted molar refractivity (Wildman–Crippen MR) is 68.4 cm³/mol. The van der Waals surface area contributed by atoms with Crippen molar-refractivity contribution >= 4 is 0 Å². The Bertz CT molecular complexity index is 144. The molecule has 0 heterocycles. The number of rotatable bonds is 8. The first-order chi connectivity index (χ1) is 7.02. The molecule has 0 aromatic rings. The summed E-state index contributed by atoms with van der Waals surface area (Å²) in [5.74, 6) is 0. The number of nitrogens with zero attached hydrogens (tertiary/aromatic N) is 2. The molecule has 0 fully saturated rings. The third-order valence-electron chi connectivity index (χ3n) is 3.20. The zero-order valence-electron chi connectivity index (χ0n) is 11.4. The van der Waals surface area contributed by atoms with Crippen LogP contribution in [0.3, 0.4) is 0 Å². The van der Waals surface area contributed by atoms with E-state index < -0.39 is 0 Å². The lowest BCUT2D eigenvalue weighted by Crippen LogP contribution is -2.45. The molecule has 0 radical (unpaired) electrons. The predicted octanol–water partition coefficient (Wildman–Crippen LogP) is 1.26.